The Morgan fingerprint density at radius 1 is 0.688 bits per heavy atom. The SMILES string of the molecule is Cc1ccc(S(=O)(=O)Nc2ccc3c(c2)CCN(S(=O)(=O)c2ccc(C)cc2)CC3)cc1. The molecule has 0 bridgehead atoms. The lowest BCUT2D eigenvalue weighted by Crippen LogP contribution is -2.33. The Hall–Kier alpha value is -2.68. The number of aryl methyl sites for hydroxylation is 2. The molecule has 8 heteroatoms. The molecule has 0 unspecified atom stereocenters. The van der Waals surface area contributed by atoms with E-state index in [1.165, 1.54) is 4.31 Å². The lowest BCUT2D eigenvalue weighted by Gasteiger charge is -2.20. The molecular weight excluding hydrogens is 444 g/mol. The van der Waals surface area contributed by atoms with Crippen molar-refractivity contribution >= 4 is 25.7 Å². The molecule has 32 heavy (non-hydrogen) atoms. The van der Waals surface area contributed by atoms with Crippen LogP contribution in [0.2, 0.25) is 0 Å². The average Bonchev–Trinajstić information content (AvgIpc) is 2.97. The monoisotopic (exact) mass is 470 g/mol. The van der Waals surface area contributed by atoms with Gasteiger partial charge in [-0.15, -0.1) is 0 Å². The van der Waals surface area contributed by atoms with Crippen LogP contribution in [0.5, 0.6) is 0 Å². The molecule has 0 saturated carbocycles. The van der Waals surface area contributed by atoms with Gasteiger partial charge in [0.25, 0.3) is 10.0 Å². The Labute approximate surface area is 190 Å². The number of rotatable bonds is 5. The maximum absolute atomic E-state index is 13.1. The summed E-state index contributed by atoms with van der Waals surface area (Å²) < 4.78 is 55.7. The quantitative estimate of drug-likeness (QED) is 0.613. The van der Waals surface area contributed by atoms with Crippen molar-refractivity contribution in [3.8, 4) is 0 Å². The molecule has 4 rings (SSSR count). The zero-order valence-corrected chi connectivity index (χ0v) is 19.7. The molecule has 0 fully saturated rings. The highest BCUT2D eigenvalue weighted by Crippen LogP contribution is 2.25. The topological polar surface area (TPSA) is 83.6 Å². The van der Waals surface area contributed by atoms with Gasteiger partial charge in [-0.2, -0.15) is 4.31 Å². The minimum Gasteiger partial charge on any atom is -0.280 e. The summed E-state index contributed by atoms with van der Waals surface area (Å²) in [5, 5.41) is 0. The Morgan fingerprint density at radius 3 is 1.81 bits per heavy atom. The van der Waals surface area contributed by atoms with Crippen LogP contribution in [0.4, 0.5) is 5.69 Å². The first kappa shape index (κ1) is 22.5. The fourth-order valence-electron chi connectivity index (χ4n) is 3.80. The number of hydrogen-bond donors (Lipinski definition) is 1. The lowest BCUT2D eigenvalue weighted by atomic mass is 10.0. The Morgan fingerprint density at radius 2 is 1.22 bits per heavy atom. The predicted molar refractivity (Wildman–Crippen MR) is 126 cm³/mol. The second-order valence-corrected chi connectivity index (χ2v) is 11.7. The van der Waals surface area contributed by atoms with E-state index in [0.29, 0.717) is 36.5 Å². The van der Waals surface area contributed by atoms with E-state index in [0.717, 1.165) is 22.3 Å². The first-order chi connectivity index (χ1) is 15.1. The van der Waals surface area contributed by atoms with Gasteiger partial charge in [-0.3, -0.25) is 4.72 Å². The summed E-state index contributed by atoms with van der Waals surface area (Å²) in [6.07, 6.45) is 1.09. The van der Waals surface area contributed by atoms with E-state index >= 15 is 0 Å². The van der Waals surface area contributed by atoms with Crippen LogP contribution in [-0.4, -0.2) is 34.2 Å². The van der Waals surface area contributed by atoms with Gasteiger partial charge in [0.15, 0.2) is 0 Å². The van der Waals surface area contributed by atoms with E-state index < -0.39 is 20.0 Å². The third-order valence-electron chi connectivity index (χ3n) is 5.71. The zero-order chi connectivity index (χ0) is 22.9. The van der Waals surface area contributed by atoms with Crippen LogP contribution in [0, 0.1) is 13.8 Å². The number of sulfonamides is 2. The Bertz CT molecular complexity index is 1330. The zero-order valence-electron chi connectivity index (χ0n) is 18.1. The summed E-state index contributed by atoms with van der Waals surface area (Å²) in [6, 6.07) is 19.0. The molecular formula is C24H26N2O4S2. The highest BCUT2D eigenvalue weighted by Gasteiger charge is 2.26. The number of nitrogens with one attached hydrogen (secondary N) is 1. The summed E-state index contributed by atoms with van der Waals surface area (Å²) >= 11 is 0. The largest absolute Gasteiger partial charge is 0.280 e. The van der Waals surface area contributed by atoms with Crippen molar-refractivity contribution in [2.45, 2.75) is 36.5 Å². The van der Waals surface area contributed by atoms with Crippen molar-refractivity contribution in [1.29, 1.82) is 0 Å². The van der Waals surface area contributed by atoms with Crippen LogP contribution in [0.15, 0.2) is 76.5 Å². The van der Waals surface area contributed by atoms with Gasteiger partial charge in [0.05, 0.1) is 9.79 Å². The van der Waals surface area contributed by atoms with Crippen molar-refractivity contribution in [3.05, 3.63) is 89.0 Å². The van der Waals surface area contributed by atoms with Gasteiger partial charge in [-0.25, -0.2) is 16.8 Å². The van der Waals surface area contributed by atoms with Crippen LogP contribution in [0.1, 0.15) is 22.3 Å². The molecule has 1 heterocycles. The van der Waals surface area contributed by atoms with Gasteiger partial charge in [0, 0.05) is 18.8 Å². The average molecular weight is 471 g/mol. The molecule has 1 aliphatic heterocycles. The highest BCUT2D eigenvalue weighted by molar-refractivity contribution is 7.92. The standard InChI is InChI=1S/C24H26N2O4S2/c1-18-3-9-23(10-4-18)31(27,28)25-22-8-7-20-13-15-26(16-14-21(20)17-22)32(29,30)24-11-5-19(2)6-12-24/h3-12,17,25H,13-16H2,1-2H3. The molecule has 168 valence electrons. The van der Waals surface area contributed by atoms with Crippen LogP contribution in [0.25, 0.3) is 0 Å². The molecule has 3 aromatic carbocycles. The number of nitrogens with zero attached hydrogens (tertiary/aromatic N) is 1. The fraction of sp³-hybridized carbons (Fsp3) is 0.250. The molecule has 0 radical (unpaired) electrons. The van der Waals surface area contributed by atoms with E-state index in [-0.39, 0.29) is 4.90 Å². The van der Waals surface area contributed by atoms with Gasteiger partial charge < -0.3 is 0 Å². The van der Waals surface area contributed by atoms with Gasteiger partial charge in [0.2, 0.25) is 10.0 Å². The van der Waals surface area contributed by atoms with Crippen LogP contribution < -0.4 is 4.72 Å². The van der Waals surface area contributed by atoms with Crippen LogP contribution in [-0.2, 0) is 32.9 Å². The summed E-state index contributed by atoms with van der Waals surface area (Å²) in [5.41, 5.74) is 4.45. The second-order valence-electron chi connectivity index (χ2n) is 8.12. The maximum Gasteiger partial charge on any atom is 0.261 e. The van der Waals surface area contributed by atoms with Gasteiger partial charge in [0.1, 0.15) is 0 Å². The van der Waals surface area contributed by atoms with Gasteiger partial charge >= 0.3 is 0 Å². The smallest absolute Gasteiger partial charge is 0.261 e. The van der Waals surface area contributed by atoms with Crippen molar-refractivity contribution in [2.75, 3.05) is 17.8 Å². The molecule has 3 aromatic rings. The molecule has 0 spiro atoms. The number of benzene rings is 3. The highest BCUT2D eigenvalue weighted by atomic mass is 32.2. The Balaban J connectivity index is 1.53. The summed E-state index contributed by atoms with van der Waals surface area (Å²) in [6.45, 7) is 4.55. The molecule has 0 saturated heterocycles. The molecule has 1 N–H and O–H groups in total. The Kier molecular flexibility index (Phi) is 6.11. The number of fused-ring (bicyclic) bond motifs is 1. The first-order valence-corrected chi connectivity index (χ1v) is 13.4. The molecule has 0 amide bonds. The molecule has 1 aliphatic rings. The number of hydrogen-bond acceptors (Lipinski definition) is 4. The van der Waals surface area contributed by atoms with E-state index in [2.05, 4.69) is 4.72 Å². The third-order valence-corrected chi connectivity index (χ3v) is 9.02. The summed E-state index contributed by atoms with van der Waals surface area (Å²) in [4.78, 5) is 0.494. The lowest BCUT2D eigenvalue weighted by molar-refractivity contribution is 0.426. The second kappa shape index (κ2) is 8.69. The minimum atomic E-state index is -3.70. The normalized spacial score (nSPS) is 15.1. The minimum absolute atomic E-state index is 0.202. The van der Waals surface area contributed by atoms with E-state index in [1.54, 1.807) is 54.6 Å². The van der Waals surface area contributed by atoms with Crippen LogP contribution in [0.3, 0.4) is 0 Å². The van der Waals surface area contributed by atoms with Crippen molar-refractivity contribution < 1.29 is 16.8 Å². The van der Waals surface area contributed by atoms with Crippen LogP contribution >= 0.6 is 0 Å². The predicted octanol–water partition coefficient (Wildman–Crippen LogP) is 3.89. The first-order valence-electron chi connectivity index (χ1n) is 10.4. The van der Waals surface area contributed by atoms with E-state index in [4.69, 9.17) is 0 Å². The summed E-state index contributed by atoms with van der Waals surface area (Å²) in [7, 11) is -7.27. The van der Waals surface area contributed by atoms with Crippen molar-refractivity contribution in [1.82, 2.24) is 4.31 Å². The molecule has 6 nitrogen and oxygen atoms in total. The fourth-order valence-corrected chi connectivity index (χ4v) is 6.29. The van der Waals surface area contributed by atoms with E-state index in [9.17, 15) is 16.8 Å². The van der Waals surface area contributed by atoms with E-state index in [1.807, 2.05) is 26.0 Å². The third kappa shape index (κ3) is 4.72. The molecule has 0 aliphatic carbocycles. The summed E-state index contributed by atoms with van der Waals surface area (Å²) in [5.74, 6) is 0. The van der Waals surface area contributed by atoms with Gasteiger partial charge in [-0.05, 0) is 74.2 Å². The van der Waals surface area contributed by atoms with Gasteiger partial charge in [-0.1, -0.05) is 41.5 Å². The van der Waals surface area contributed by atoms with Crippen molar-refractivity contribution in [3.63, 3.8) is 0 Å². The number of anilines is 1. The molecule has 0 atom stereocenters. The molecule has 0 aromatic heterocycles. The maximum atomic E-state index is 13.1. The van der Waals surface area contributed by atoms with Crippen molar-refractivity contribution in [2.24, 2.45) is 0 Å².